The van der Waals surface area contributed by atoms with E-state index < -0.39 is 6.10 Å². The van der Waals surface area contributed by atoms with Gasteiger partial charge in [-0.25, -0.2) is 0 Å². The summed E-state index contributed by atoms with van der Waals surface area (Å²) in [6.07, 6.45) is 0.659. The van der Waals surface area contributed by atoms with Crippen LogP contribution in [-0.4, -0.2) is 17.7 Å². The van der Waals surface area contributed by atoms with Gasteiger partial charge < -0.3 is 10.4 Å². The minimum absolute atomic E-state index is 0.123. The molecule has 0 radical (unpaired) electrons. The van der Waals surface area contributed by atoms with Crippen LogP contribution < -0.4 is 5.32 Å². The normalized spacial score (nSPS) is 14.9. The van der Waals surface area contributed by atoms with E-state index in [0.29, 0.717) is 5.92 Å². The molecule has 0 aliphatic rings. The summed E-state index contributed by atoms with van der Waals surface area (Å²) in [6.45, 7) is 9.44. The Morgan fingerprint density at radius 3 is 2.24 bits per heavy atom. The fourth-order valence-electron chi connectivity index (χ4n) is 1.99. The fraction of sp³-hybridized carbons (Fsp3) is 0.600. The molecule has 0 aliphatic heterocycles. The van der Waals surface area contributed by atoms with E-state index in [2.05, 4.69) is 45.1 Å². The summed E-state index contributed by atoms with van der Waals surface area (Å²) in [5, 5.41) is 13.8. The third-order valence-corrected chi connectivity index (χ3v) is 3.11. The van der Waals surface area contributed by atoms with E-state index >= 15 is 0 Å². The van der Waals surface area contributed by atoms with Gasteiger partial charge in [-0.05, 0) is 31.4 Å². The average molecular weight is 235 g/mol. The Hall–Kier alpha value is -0.860. The minimum Gasteiger partial charge on any atom is -0.387 e. The zero-order valence-corrected chi connectivity index (χ0v) is 11.4. The van der Waals surface area contributed by atoms with Crippen LogP contribution >= 0.6 is 0 Å². The molecule has 2 nitrogen and oxygen atoms in total. The van der Waals surface area contributed by atoms with Gasteiger partial charge in [0.25, 0.3) is 0 Å². The zero-order valence-electron chi connectivity index (χ0n) is 11.4. The SMILES string of the molecule is CCCNC(C(C)C)C(O)c1ccc(C)cc1. The molecule has 0 saturated heterocycles. The summed E-state index contributed by atoms with van der Waals surface area (Å²) >= 11 is 0. The van der Waals surface area contributed by atoms with Crippen molar-refractivity contribution in [3.8, 4) is 0 Å². The number of hydrogen-bond donors (Lipinski definition) is 2. The third kappa shape index (κ3) is 4.14. The van der Waals surface area contributed by atoms with E-state index in [9.17, 15) is 5.11 Å². The van der Waals surface area contributed by atoms with Crippen molar-refractivity contribution in [2.75, 3.05) is 6.54 Å². The van der Waals surface area contributed by atoms with Gasteiger partial charge in [0, 0.05) is 6.04 Å². The van der Waals surface area contributed by atoms with Gasteiger partial charge in [0.05, 0.1) is 6.10 Å². The van der Waals surface area contributed by atoms with Crippen molar-refractivity contribution < 1.29 is 5.11 Å². The first-order chi connectivity index (χ1) is 8.06. The second-order valence-electron chi connectivity index (χ2n) is 5.08. The summed E-state index contributed by atoms with van der Waals surface area (Å²) in [7, 11) is 0. The molecule has 1 rings (SSSR count). The predicted molar refractivity (Wildman–Crippen MR) is 73.1 cm³/mol. The molecule has 2 atom stereocenters. The number of hydrogen-bond acceptors (Lipinski definition) is 2. The van der Waals surface area contributed by atoms with Crippen molar-refractivity contribution in [3.63, 3.8) is 0 Å². The van der Waals surface area contributed by atoms with Gasteiger partial charge >= 0.3 is 0 Å². The van der Waals surface area contributed by atoms with Gasteiger partial charge in [-0.1, -0.05) is 50.6 Å². The highest BCUT2D eigenvalue weighted by Gasteiger charge is 2.22. The van der Waals surface area contributed by atoms with Crippen molar-refractivity contribution in [1.82, 2.24) is 5.32 Å². The largest absolute Gasteiger partial charge is 0.387 e. The summed E-state index contributed by atoms with van der Waals surface area (Å²) in [6, 6.07) is 8.26. The lowest BCUT2D eigenvalue weighted by Crippen LogP contribution is -2.39. The molecular formula is C15H25NO. The van der Waals surface area contributed by atoms with Crippen molar-refractivity contribution in [1.29, 1.82) is 0 Å². The van der Waals surface area contributed by atoms with Crippen molar-refractivity contribution in [2.24, 2.45) is 5.92 Å². The van der Waals surface area contributed by atoms with Crippen LogP contribution in [0.25, 0.3) is 0 Å². The molecule has 2 heteroatoms. The summed E-state index contributed by atoms with van der Waals surface area (Å²) in [5.74, 6) is 0.415. The smallest absolute Gasteiger partial charge is 0.0945 e. The second-order valence-corrected chi connectivity index (χ2v) is 5.08. The number of aliphatic hydroxyl groups excluding tert-OH is 1. The summed E-state index contributed by atoms with van der Waals surface area (Å²) in [4.78, 5) is 0. The first kappa shape index (κ1) is 14.2. The van der Waals surface area contributed by atoms with Crippen LogP contribution in [0.3, 0.4) is 0 Å². The highest BCUT2D eigenvalue weighted by Crippen LogP contribution is 2.22. The number of nitrogens with one attached hydrogen (secondary N) is 1. The lowest BCUT2D eigenvalue weighted by Gasteiger charge is -2.28. The number of aryl methyl sites for hydroxylation is 1. The predicted octanol–water partition coefficient (Wildman–Crippen LogP) is 3.05. The zero-order chi connectivity index (χ0) is 12.8. The van der Waals surface area contributed by atoms with Gasteiger partial charge in [0.15, 0.2) is 0 Å². The quantitative estimate of drug-likeness (QED) is 0.794. The van der Waals surface area contributed by atoms with Gasteiger partial charge in [-0.15, -0.1) is 0 Å². The van der Waals surface area contributed by atoms with Crippen molar-refractivity contribution >= 4 is 0 Å². The summed E-state index contributed by atoms with van der Waals surface area (Å²) < 4.78 is 0. The molecule has 96 valence electrons. The Bertz CT molecular complexity index is 318. The monoisotopic (exact) mass is 235 g/mol. The molecule has 0 amide bonds. The Morgan fingerprint density at radius 2 is 1.76 bits per heavy atom. The lowest BCUT2D eigenvalue weighted by molar-refractivity contribution is 0.105. The Balaban J connectivity index is 2.76. The van der Waals surface area contributed by atoms with Crippen LogP contribution in [0.15, 0.2) is 24.3 Å². The first-order valence-electron chi connectivity index (χ1n) is 6.54. The Kier molecular flexibility index (Phi) is 5.66. The van der Waals surface area contributed by atoms with Crippen molar-refractivity contribution in [2.45, 2.75) is 46.3 Å². The average Bonchev–Trinajstić information content (AvgIpc) is 2.29. The van der Waals surface area contributed by atoms with Crippen LogP contribution in [0, 0.1) is 12.8 Å². The molecule has 0 fully saturated rings. The lowest BCUT2D eigenvalue weighted by atomic mass is 9.93. The van der Waals surface area contributed by atoms with E-state index in [0.717, 1.165) is 18.5 Å². The second kappa shape index (κ2) is 6.77. The van der Waals surface area contributed by atoms with E-state index in [-0.39, 0.29) is 6.04 Å². The maximum absolute atomic E-state index is 10.4. The topological polar surface area (TPSA) is 32.3 Å². The first-order valence-corrected chi connectivity index (χ1v) is 6.54. The van der Waals surface area contributed by atoms with Gasteiger partial charge in [-0.3, -0.25) is 0 Å². The van der Waals surface area contributed by atoms with Crippen LogP contribution in [0.1, 0.15) is 44.4 Å². The molecule has 0 heterocycles. The number of rotatable bonds is 6. The Morgan fingerprint density at radius 1 is 1.18 bits per heavy atom. The molecule has 0 aromatic heterocycles. The Labute approximate surface area is 105 Å². The molecule has 1 aromatic carbocycles. The van der Waals surface area contributed by atoms with E-state index in [1.165, 1.54) is 5.56 Å². The third-order valence-electron chi connectivity index (χ3n) is 3.11. The van der Waals surface area contributed by atoms with Gasteiger partial charge in [-0.2, -0.15) is 0 Å². The van der Waals surface area contributed by atoms with Crippen molar-refractivity contribution in [3.05, 3.63) is 35.4 Å². The maximum atomic E-state index is 10.4. The van der Waals surface area contributed by atoms with Gasteiger partial charge in [0.1, 0.15) is 0 Å². The summed E-state index contributed by atoms with van der Waals surface area (Å²) in [5.41, 5.74) is 2.22. The van der Waals surface area contributed by atoms with Crippen LogP contribution in [0.2, 0.25) is 0 Å². The molecular weight excluding hydrogens is 210 g/mol. The molecule has 2 unspecified atom stereocenters. The molecule has 0 aliphatic carbocycles. The highest BCUT2D eigenvalue weighted by atomic mass is 16.3. The maximum Gasteiger partial charge on any atom is 0.0945 e. The molecule has 0 saturated carbocycles. The van der Waals surface area contributed by atoms with Gasteiger partial charge in [0.2, 0.25) is 0 Å². The minimum atomic E-state index is -0.429. The molecule has 17 heavy (non-hydrogen) atoms. The molecule has 0 bridgehead atoms. The van der Waals surface area contributed by atoms with E-state index in [4.69, 9.17) is 0 Å². The van der Waals surface area contributed by atoms with E-state index in [1.807, 2.05) is 12.1 Å². The fourth-order valence-corrected chi connectivity index (χ4v) is 1.99. The number of benzene rings is 1. The standard InChI is InChI=1S/C15H25NO/c1-5-10-16-14(11(2)3)15(17)13-8-6-12(4)7-9-13/h6-9,11,14-17H,5,10H2,1-4H3. The van der Waals surface area contributed by atoms with Crippen LogP contribution in [-0.2, 0) is 0 Å². The molecule has 1 aromatic rings. The van der Waals surface area contributed by atoms with Crippen LogP contribution in [0.4, 0.5) is 0 Å². The number of aliphatic hydroxyl groups is 1. The molecule has 2 N–H and O–H groups in total. The van der Waals surface area contributed by atoms with Crippen LogP contribution in [0.5, 0.6) is 0 Å². The molecule has 0 spiro atoms. The van der Waals surface area contributed by atoms with E-state index in [1.54, 1.807) is 0 Å². The highest BCUT2D eigenvalue weighted by molar-refractivity contribution is 5.24.